The Morgan fingerprint density at radius 3 is 2.20 bits per heavy atom. The van der Waals surface area contributed by atoms with Crippen molar-refractivity contribution in [1.82, 2.24) is 20.2 Å². The van der Waals surface area contributed by atoms with E-state index in [2.05, 4.69) is 15.3 Å². The lowest BCUT2D eigenvalue weighted by Crippen LogP contribution is -2.54. The Morgan fingerprint density at radius 2 is 1.63 bits per heavy atom. The zero-order chi connectivity index (χ0) is 30.1. The SMILES string of the molecule is C[C@@H]1CN(c2ncc(OC(=O)N(C)Cc3cc(C(F)(F)F)cc(C(F)(F)F)c3)c(-c3ccccc3Cl)n2)C[C@H](C)N1. The van der Waals surface area contributed by atoms with Gasteiger partial charge in [-0.05, 0) is 43.7 Å². The van der Waals surface area contributed by atoms with Crippen LogP contribution in [0.4, 0.5) is 37.1 Å². The average Bonchev–Trinajstić information content (AvgIpc) is 2.87. The molecular formula is C27H26ClF6N5O2. The second-order valence-electron chi connectivity index (χ2n) is 9.87. The minimum Gasteiger partial charge on any atom is -0.406 e. The summed E-state index contributed by atoms with van der Waals surface area (Å²) in [5.74, 6) is 0.284. The van der Waals surface area contributed by atoms with Gasteiger partial charge in [-0.25, -0.2) is 14.8 Å². The van der Waals surface area contributed by atoms with Crippen LogP contribution in [0.5, 0.6) is 5.75 Å². The van der Waals surface area contributed by atoms with E-state index in [9.17, 15) is 31.1 Å². The molecule has 14 heteroatoms. The molecule has 0 bridgehead atoms. The summed E-state index contributed by atoms with van der Waals surface area (Å²) in [6.45, 7) is 4.68. The summed E-state index contributed by atoms with van der Waals surface area (Å²) >= 11 is 6.41. The molecule has 0 spiro atoms. The predicted molar refractivity (Wildman–Crippen MR) is 141 cm³/mol. The number of alkyl halides is 6. The van der Waals surface area contributed by atoms with Crippen LogP contribution < -0.4 is 15.0 Å². The second kappa shape index (κ2) is 11.7. The molecule has 3 aromatic rings. The minimum absolute atomic E-state index is 0.0243. The van der Waals surface area contributed by atoms with Crippen molar-refractivity contribution in [2.75, 3.05) is 25.0 Å². The average molecular weight is 602 g/mol. The fourth-order valence-electron chi connectivity index (χ4n) is 4.55. The van der Waals surface area contributed by atoms with Gasteiger partial charge in [-0.15, -0.1) is 0 Å². The summed E-state index contributed by atoms with van der Waals surface area (Å²) in [7, 11) is 1.18. The zero-order valence-corrected chi connectivity index (χ0v) is 22.9. The Balaban J connectivity index is 1.63. The Morgan fingerprint density at radius 1 is 1.05 bits per heavy atom. The van der Waals surface area contributed by atoms with E-state index < -0.39 is 36.1 Å². The number of nitrogens with one attached hydrogen (secondary N) is 1. The number of rotatable bonds is 5. The quantitative estimate of drug-likeness (QED) is 0.330. The molecule has 0 saturated carbocycles. The van der Waals surface area contributed by atoms with Crippen molar-refractivity contribution >= 4 is 23.6 Å². The van der Waals surface area contributed by atoms with Crippen molar-refractivity contribution in [2.24, 2.45) is 0 Å². The summed E-state index contributed by atoms with van der Waals surface area (Å²) in [5.41, 5.74) is -2.71. The standard InChI is InChI=1S/C27H26ClF6N5O2/c1-15-12-39(13-16(2)36-15)24-35-11-22(23(37-24)20-6-4-5-7-21(20)28)41-25(40)38(3)14-17-8-18(26(29,30)31)10-19(9-17)27(32,33)34/h4-11,15-16,36H,12-14H2,1-3H3/t15-,16+. The van der Waals surface area contributed by atoms with Gasteiger partial charge in [-0.3, -0.25) is 0 Å². The van der Waals surface area contributed by atoms with Gasteiger partial charge in [-0.2, -0.15) is 26.3 Å². The molecule has 41 heavy (non-hydrogen) atoms. The van der Waals surface area contributed by atoms with Gasteiger partial charge >= 0.3 is 18.4 Å². The van der Waals surface area contributed by atoms with Crippen molar-refractivity contribution in [2.45, 2.75) is 44.8 Å². The van der Waals surface area contributed by atoms with Crippen LogP contribution in [0, 0.1) is 0 Å². The third kappa shape index (κ3) is 7.39. The number of nitrogens with zero attached hydrogens (tertiary/aromatic N) is 4. The van der Waals surface area contributed by atoms with E-state index >= 15 is 0 Å². The van der Waals surface area contributed by atoms with Crippen molar-refractivity contribution in [3.63, 3.8) is 0 Å². The highest BCUT2D eigenvalue weighted by Gasteiger charge is 2.37. The molecule has 0 unspecified atom stereocenters. The normalized spacial score (nSPS) is 17.9. The van der Waals surface area contributed by atoms with Crippen LogP contribution >= 0.6 is 11.6 Å². The number of piperazine rings is 1. The first-order valence-electron chi connectivity index (χ1n) is 12.5. The molecule has 1 saturated heterocycles. The van der Waals surface area contributed by atoms with Gasteiger partial charge in [0, 0.05) is 44.3 Å². The van der Waals surface area contributed by atoms with Crippen molar-refractivity contribution < 1.29 is 35.9 Å². The maximum atomic E-state index is 13.3. The van der Waals surface area contributed by atoms with E-state index in [1.807, 2.05) is 18.7 Å². The number of amides is 1. The summed E-state index contributed by atoms with van der Waals surface area (Å²) in [4.78, 5) is 24.8. The highest BCUT2D eigenvalue weighted by Crippen LogP contribution is 2.37. The van der Waals surface area contributed by atoms with Gasteiger partial charge in [0.05, 0.1) is 22.3 Å². The monoisotopic (exact) mass is 601 g/mol. The van der Waals surface area contributed by atoms with Gasteiger partial charge in [-0.1, -0.05) is 29.8 Å². The molecule has 2 heterocycles. The Kier molecular flexibility index (Phi) is 8.69. The molecule has 0 radical (unpaired) electrons. The Labute approximate surface area is 237 Å². The van der Waals surface area contributed by atoms with Gasteiger partial charge in [0.2, 0.25) is 5.95 Å². The lowest BCUT2D eigenvalue weighted by atomic mass is 10.0. The number of hydrogen-bond acceptors (Lipinski definition) is 6. The largest absolute Gasteiger partial charge is 0.416 e. The van der Waals surface area contributed by atoms with Gasteiger partial charge < -0.3 is 19.9 Å². The molecule has 2 aromatic carbocycles. The van der Waals surface area contributed by atoms with Crippen LogP contribution in [0.25, 0.3) is 11.3 Å². The number of carbonyl (C=O) groups excluding carboxylic acids is 1. The predicted octanol–water partition coefficient (Wildman–Crippen LogP) is 6.65. The summed E-state index contributed by atoms with van der Waals surface area (Å²) < 4.78 is 85.1. The Bertz CT molecular complexity index is 1380. The third-order valence-corrected chi connectivity index (χ3v) is 6.62. The van der Waals surface area contributed by atoms with Gasteiger partial charge in [0.15, 0.2) is 5.75 Å². The molecule has 0 aliphatic carbocycles. The lowest BCUT2D eigenvalue weighted by molar-refractivity contribution is -0.143. The number of carbonyl (C=O) groups is 1. The molecule has 1 N–H and O–H groups in total. The molecule has 1 aromatic heterocycles. The first kappa shape index (κ1) is 30.4. The number of anilines is 1. The fraction of sp³-hybridized carbons (Fsp3) is 0.370. The molecule has 7 nitrogen and oxygen atoms in total. The molecule has 2 atom stereocenters. The summed E-state index contributed by atoms with van der Waals surface area (Å²) in [5, 5.41) is 3.72. The number of ether oxygens (including phenoxy) is 1. The van der Waals surface area contributed by atoms with Crippen molar-refractivity contribution in [3.05, 3.63) is 70.4 Å². The summed E-state index contributed by atoms with van der Waals surface area (Å²) in [6, 6.07) is 8.16. The van der Waals surface area contributed by atoms with Crippen LogP contribution in [-0.2, 0) is 18.9 Å². The lowest BCUT2D eigenvalue weighted by Gasteiger charge is -2.36. The minimum atomic E-state index is -5.02. The second-order valence-corrected chi connectivity index (χ2v) is 10.3. The van der Waals surface area contributed by atoms with E-state index in [0.29, 0.717) is 41.8 Å². The molecule has 1 fully saturated rings. The van der Waals surface area contributed by atoms with E-state index in [1.165, 1.54) is 13.2 Å². The summed E-state index contributed by atoms with van der Waals surface area (Å²) in [6.07, 6.45) is -9.79. The molecule has 1 aliphatic heterocycles. The number of benzene rings is 2. The fourth-order valence-corrected chi connectivity index (χ4v) is 4.77. The first-order valence-corrected chi connectivity index (χ1v) is 12.8. The van der Waals surface area contributed by atoms with Gasteiger partial charge in [0.1, 0.15) is 5.69 Å². The number of hydrogen-bond donors (Lipinski definition) is 1. The molecule has 4 rings (SSSR count). The van der Waals surface area contributed by atoms with Gasteiger partial charge in [0.25, 0.3) is 0 Å². The van der Waals surface area contributed by atoms with E-state index in [-0.39, 0.29) is 35.2 Å². The molecule has 220 valence electrons. The topological polar surface area (TPSA) is 70.6 Å². The zero-order valence-electron chi connectivity index (χ0n) is 22.1. The maximum Gasteiger partial charge on any atom is 0.416 e. The third-order valence-electron chi connectivity index (χ3n) is 6.29. The van der Waals surface area contributed by atoms with Crippen LogP contribution in [0.2, 0.25) is 5.02 Å². The first-order chi connectivity index (χ1) is 19.1. The van der Waals surface area contributed by atoms with Crippen LogP contribution in [-0.4, -0.2) is 53.2 Å². The number of halogens is 7. The molecular weight excluding hydrogens is 576 g/mol. The van der Waals surface area contributed by atoms with E-state index in [1.54, 1.807) is 24.3 Å². The smallest absolute Gasteiger partial charge is 0.406 e. The highest BCUT2D eigenvalue weighted by atomic mass is 35.5. The highest BCUT2D eigenvalue weighted by molar-refractivity contribution is 6.33. The molecule has 1 amide bonds. The van der Waals surface area contributed by atoms with Crippen LogP contribution in [0.3, 0.4) is 0 Å². The molecule has 1 aliphatic rings. The van der Waals surface area contributed by atoms with E-state index in [4.69, 9.17) is 16.3 Å². The van der Waals surface area contributed by atoms with Crippen molar-refractivity contribution in [3.8, 4) is 17.0 Å². The Hall–Kier alpha value is -3.58. The van der Waals surface area contributed by atoms with Crippen LogP contribution in [0.15, 0.2) is 48.7 Å². The van der Waals surface area contributed by atoms with Crippen molar-refractivity contribution in [1.29, 1.82) is 0 Å². The van der Waals surface area contributed by atoms with E-state index in [0.717, 1.165) is 4.90 Å². The maximum absolute atomic E-state index is 13.3. The van der Waals surface area contributed by atoms with Crippen LogP contribution in [0.1, 0.15) is 30.5 Å². The number of aromatic nitrogens is 2.